The van der Waals surface area contributed by atoms with E-state index in [-0.39, 0.29) is 18.1 Å². The second-order valence-electron chi connectivity index (χ2n) is 4.66. The van der Waals surface area contributed by atoms with Crippen LogP contribution in [0.4, 0.5) is 0 Å². The van der Waals surface area contributed by atoms with Gasteiger partial charge in [-0.25, -0.2) is 0 Å². The first kappa shape index (κ1) is 14.7. The number of ether oxygens (including phenoxy) is 1. The average molecular weight is 249 g/mol. The molecule has 0 amide bonds. The summed E-state index contributed by atoms with van der Waals surface area (Å²) >= 11 is 0. The lowest BCUT2D eigenvalue weighted by atomic mass is 10.0. The van der Waals surface area contributed by atoms with Crippen molar-refractivity contribution >= 4 is 5.97 Å². The van der Waals surface area contributed by atoms with Crippen LogP contribution in [0.25, 0.3) is 0 Å². The molecule has 1 N–H and O–H groups in total. The molecule has 0 radical (unpaired) electrons. The van der Waals surface area contributed by atoms with Crippen LogP contribution in [0.15, 0.2) is 24.3 Å². The van der Waals surface area contributed by atoms with Gasteiger partial charge in [0.1, 0.15) is 0 Å². The van der Waals surface area contributed by atoms with Gasteiger partial charge in [-0.15, -0.1) is 0 Å². The highest BCUT2D eigenvalue weighted by Gasteiger charge is 2.12. The van der Waals surface area contributed by atoms with Crippen molar-refractivity contribution in [3.05, 3.63) is 35.4 Å². The standard InChI is InChI=1S/C15H23NO2/c1-5-13-6-8-14(9-7-13)12(3)16-11(2)10-15(17)18-4/h6-9,11-12,16H,5,10H2,1-4H3. The molecule has 2 unspecified atom stereocenters. The molecule has 0 bridgehead atoms. The van der Waals surface area contributed by atoms with Crippen LogP contribution in [0.1, 0.15) is 44.4 Å². The maximum atomic E-state index is 11.2. The highest BCUT2D eigenvalue weighted by Crippen LogP contribution is 2.15. The van der Waals surface area contributed by atoms with Crippen molar-refractivity contribution in [2.45, 2.75) is 45.7 Å². The van der Waals surface area contributed by atoms with Gasteiger partial charge in [0.25, 0.3) is 0 Å². The molecular formula is C15H23NO2. The van der Waals surface area contributed by atoms with Gasteiger partial charge in [-0.05, 0) is 31.4 Å². The van der Waals surface area contributed by atoms with E-state index in [2.05, 4.69) is 48.2 Å². The second-order valence-corrected chi connectivity index (χ2v) is 4.66. The fourth-order valence-corrected chi connectivity index (χ4v) is 1.96. The number of benzene rings is 1. The zero-order valence-electron chi connectivity index (χ0n) is 11.7. The maximum absolute atomic E-state index is 11.2. The molecule has 0 saturated carbocycles. The number of rotatable bonds is 6. The number of hydrogen-bond acceptors (Lipinski definition) is 3. The van der Waals surface area contributed by atoms with Crippen molar-refractivity contribution in [3.63, 3.8) is 0 Å². The highest BCUT2D eigenvalue weighted by atomic mass is 16.5. The first-order chi connectivity index (χ1) is 8.56. The molecule has 3 heteroatoms. The van der Waals surface area contributed by atoms with Gasteiger partial charge in [0.05, 0.1) is 13.5 Å². The number of hydrogen-bond donors (Lipinski definition) is 1. The Morgan fingerprint density at radius 1 is 1.28 bits per heavy atom. The molecule has 0 fully saturated rings. The van der Waals surface area contributed by atoms with Gasteiger partial charge in [0.15, 0.2) is 0 Å². The third kappa shape index (κ3) is 4.49. The van der Waals surface area contributed by atoms with Crippen LogP contribution >= 0.6 is 0 Å². The molecule has 0 spiro atoms. The Hall–Kier alpha value is -1.35. The molecule has 3 nitrogen and oxygen atoms in total. The minimum Gasteiger partial charge on any atom is -0.469 e. The Kier molecular flexibility index (Phi) is 5.86. The van der Waals surface area contributed by atoms with Crippen LogP contribution in [0, 0.1) is 0 Å². The van der Waals surface area contributed by atoms with Crippen LogP contribution in [0.5, 0.6) is 0 Å². The zero-order valence-corrected chi connectivity index (χ0v) is 11.7. The SMILES string of the molecule is CCc1ccc(C(C)NC(C)CC(=O)OC)cc1. The summed E-state index contributed by atoms with van der Waals surface area (Å²) in [6.07, 6.45) is 1.45. The number of esters is 1. The fraction of sp³-hybridized carbons (Fsp3) is 0.533. The molecule has 1 aromatic rings. The summed E-state index contributed by atoms with van der Waals surface area (Å²) < 4.78 is 4.66. The van der Waals surface area contributed by atoms with Gasteiger partial charge in [-0.1, -0.05) is 31.2 Å². The molecule has 0 aliphatic heterocycles. The average Bonchev–Trinajstić information content (AvgIpc) is 2.38. The van der Waals surface area contributed by atoms with E-state index in [1.54, 1.807) is 0 Å². The number of nitrogens with one attached hydrogen (secondary N) is 1. The van der Waals surface area contributed by atoms with E-state index in [1.807, 2.05) is 6.92 Å². The molecular weight excluding hydrogens is 226 g/mol. The predicted octanol–water partition coefficient (Wildman–Crippen LogP) is 2.85. The third-order valence-electron chi connectivity index (χ3n) is 3.12. The smallest absolute Gasteiger partial charge is 0.307 e. The van der Waals surface area contributed by atoms with E-state index in [4.69, 9.17) is 0 Å². The van der Waals surface area contributed by atoms with Crippen molar-refractivity contribution in [2.24, 2.45) is 0 Å². The van der Waals surface area contributed by atoms with Gasteiger partial charge in [-0.3, -0.25) is 4.79 Å². The molecule has 0 aromatic heterocycles. The monoisotopic (exact) mass is 249 g/mol. The van der Waals surface area contributed by atoms with E-state index in [0.29, 0.717) is 6.42 Å². The molecule has 0 aliphatic rings. The predicted molar refractivity (Wildman–Crippen MR) is 73.5 cm³/mol. The van der Waals surface area contributed by atoms with Gasteiger partial charge in [0.2, 0.25) is 0 Å². The number of carbonyl (C=O) groups is 1. The lowest BCUT2D eigenvalue weighted by Crippen LogP contribution is -2.31. The summed E-state index contributed by atoms with van der Waals surface area (Å²) in [5, 5.41) is 3.40. The maximum Gasteiger partial charge on any atom is 0.307 e. The van der Waals surface area contributed by atoms with Crippen LogP contribution < -0.4 is 5.32 Å². The lowest BCUT2D eigenvalue weighted by molar-refractivity contribution is -0.141. The van der Waals surface area contributed by atoms with E-state index in [9.17, 15) is 4.79 Å². The van der Waals surface area contributed by atoms with Gasteiger partial charge in [0, 0.05) is 12.1 Å². The topological polar surface area (TPSA) is 38.3 Å². The summed E-state index contributed by atoms with van der Waals surface area (Å²) in [5.74, 6) is -0.177. The Morgan fingerprint density at radius 2 is 1.89 bits per heavy atom. The van der Waals surface area contributed by atoms with Crippen molar-refractivity contribution < 1.29 is 9.53 Å². The molecule has 1 rings (SSSR count). The van der Waals surface area contributed by atoms with Crippen molar-refractivity contribution in [1.82, 2.24) is 5.32 Å². The summed E-state index contributed by atoms with van der Waals surface area (Å²) in [6, 6.07) is 8.92. The van der Waals surface area contributed by atoms with Gasteiger partial charge in [-0.2, -0.15) is 0 Å². The van der Waals surface area contributed by atoms with Crippen molar-refractivity contribution in [1.29, 1.82) is 0 Å². The summed E-state index contributed by atoms with van der Waals surface area (Å²) in [6.45, 7) is 6.25. The van der Waals surface area contributed by atoms with Crippen LogP contribution in [-0.4, -0.2) is 19.1 Å². The molecule has 0 heterocycles. The first-order valence-corrected chi connectivity index (χ1v) is 6.48. The number of aryl methyl sites for hydroxylation is 1. The number of methoxy groups -OCH3 is 1. The summed E-state index contributed by atoms with van der Waals surface area (Å²) in [4.78, 5) is 11.2. The van der Waals surface area contributed by atoms with E-state index < -0.39 is 0 Å². The van der Waals surface area contributed by atoms with Crippen molar-refractivity contribution in [2.75, 3.05) is 7.11 Å². The largest absolute Gasteiger partial charge is 0.469 e. The summed E-state index contributed by atoms with van der Waals surface area (Å²) in [5.41, 5.74) is 2.58. The second kappa shape index (κ2) is 7.17. The van der Waals surface area contributed by atoms with Crippen LogP contribution in [0.3, 0.4) is 0 Å². The molecule has 100 valence electrons. The Bertz CT molecular complexity index is 373. The number of carbonyl (C=O) groups excluding carboxylic acids is 1. The quantitative estimate of drug-likeness (QED) is 0.788. The minimum atomic E-state index is -0.177. The van der Waals surface area contributed by atoms with Crippen LogP contribution in [-0.2, 0) is 16.0 Å². The van der Waals surface area contributed by atoms with Gasteiger partial charge >= 0.3 is 5.97 Å². The zero-order chi connectivity index (χ0) is 13.5. The molecule has 0 saturated heterocycles. The lowest BCUT2D eigenvalue weighted by Gasteiger charge is -2.19. The van der Waals surface area contributed by atoms with Gasteiger partial charge < -0.3 is 10.1 Å². The molecule has 18 heavy (non-hydrogen) atoms. The highest BCUT2D eigenvalue weighted by molar-refractivity contribution is 5.69. The third-order valence-corrected chi connectivity index (χ3v) is 3.12. The molecule has 1 aromatic carbocycles. The fourth-order valence-electron chi connectivity index (χ4n) is 1.96. The molecule has 2 atom stereocenters. The summed E-state index contributed by atoms with van der Waals surface area (Å²) in [7, 11) is 1.42. The van der Waals surface area contributed by atoms with Crippen molar-refractivity contribution in [3.8, 4) is 0 Å². The Morgan fingerprint density at radius 3 is 2.39 bits per heavy atom. The van der Waals surface area contributed by atoms with E-state index in [0.717, 1.165) is 6.42 Å². The van der Waals surface area contributed by atoms with Crippen LogP contribution in [0.2, 0.25) is 0 Å². The minimum absolute atomic E-state index is 0.110. The Balaban J connectivity index is 2.53. The first-order valence-electron chi connectivity index (χ1n) is 6.48. The molecule has 0 aliphatic carbocycles. The van der Waals surface area contributed by atoms with E-state index >= 15 is 0 Å². The van der Waals surface area contributed by atoms with E-state index in [1.165, 1.54) is 18.2 Å². The normalized spacial score (nSPS) is 14.0. The Labute approximate surface area is 110 Å².